The van der Waals surface area contributed by atoms with E-state index in [0.29, 0.717) is 11.5 Å². The van der Waals surface area contributed by atoms with Gasteiger partial charge in [0.05, 0.1) is 12.7 Å². The van der Waals surface area contributed by atoms with Gasteiger partial charge in [0.2, 0.25) is 0 Å². The maximum atomic E-state index is 8.73. The Morgan fingerprint density at radius 3 is 2.19 bits per heavy atom. The Hall–Kier alpha value is -1.59. The fourth-order valence-electron chi connectivity index (χ4n) is 2.49. The van der Waals surface area contributed by atoms with Crippen molar-refractivity contribution in [1.82, 2.24) is 0 Å². The van der Waals surface area contributed by atoms with Crippen LogP contribution >= 0.6 is 0 Å². The molecule has 0 N–H and O–H groups in total. The highest BCUT2D eigenvalue weighted by Gasteiger charge is 2.48. The van der Waals surface area contributed by atoms with Crippen LogP contribution in [0.25, 0.3) is 0 Å². The Morgan fingerprint density at radius 2 is 1.76 bits per heavy atom. The first kappa shape index (κ1) is 17.5. The molecule has 0 aliphatic rings. The van der Waals surface area contributed by atoms with Gasteiger partial charge in [0.25, 0.3) is 6.26 Å². The molecule has 116 valence electrons. The Labute approximate surface area is 126 Å². The summed E-state index contributed by atoms with van der Waals surface area (Å²) in [6, 6.07) is 5.37. The highest BCUT2D eigenvalue weighted by Crippen LogP contribution is 2.41. The van der Waals surface area contributed by atoms with Crippen molar-refractivity contribution < 1.29 is 22.8 Å². The summed E-state index contributed by atoms with van der Waals surface area (Å²) in [6.07, 6.45) is 2.39. The molecular weight excluding hydrogens is 290 g/mol. The van der Waals surface area contributed by atoms with Crippen LogP contribution in [-0.4, -0.2) is 37.2 Å². The van der Waals surface area contributed by atoms with E-state index in [4.69, 9.17) is 28.0 Å². The van der Waals surface area contributed by atoms with Gasteiger partial charge in [-0.3, -0.25) is 0 Å². The van der Waals surface area contributed by atoms with E-state index in [0.717, 1.165) is 12.0 Å². The summed E-state index contributed by atoms with van der Waals surface area (Å²) in [7, 11) is 3.35. The lowest BCUT2D eigenvalue weighted by molar-refractivity contribution is 0.111. The number of nitrogens with zero attached hydrogens (tertiary/aromatic N) is 1. The summed E-state index contributed by atoms with van der Waals surface area (Å²) in [5, 5.41) is 8.73. The van der Waals surface area contributed by atoms with Crippen LogP contribution in [-0.2, 0) is 13.3 Å². The van der Waals surface area contributed by atoms with Gasteiger partial charge in [0.1, 0.15) is 0 Å². The molecule has 0 aliphatic heterocycles. The molecule has 0 aliphatic carbocycles. The minimum atomic E-state index is -2.90. The first-order valence-electron chi connectivity index (χ1n) is 6.52. The maximum absolute atomic E-state index is 8.73. The zero-order valence-corrected chi connectivity index (χ0v) is 14.0. The molecule has 0 heterocycles. The molecular formula is C14H21NO5Si. The van der Waals surface area contributed by atoms with Gasteiger partial charge in [-0.15, -0.1) is 5.26 Å². The number of ether oxygens (including phenoxy) is 2. The molecule has 0 spiro atoms. The third-order valence-corrected chi connectivity index (χ3v) is 6.71. The molecule has 0 radical (unpaired) electrons. The molecule has 7 heteroatoms. The van der Waals surface area contributed by atoms with Crippen LogP contribution < -0.4 is 9.47 Å². The quantitative estimate of drug-likeness (QED) is 0.542. The van der Waals surface area contributed by atoms with Gasteiger partial charge < -0.3 is 22.8 Å². The monoisotopic (exact) mass is 311 g/mol. The van der Waals surface area contributed by atoms with Gasteiger partial charge >= 0.3 is 8.80 Å². The van der Waals surface area contributed by atoms with Crippen LogP contribution in [0, 0.1) is 11.5 Å². The van der Waals surface area contributed by atoms with Gasteiger partial charge in [-0.25, -0.2) is 0 Å². The third-order valence-electron chi connectivity index (χ3n) is 3.43. The Kier molecular flexibility index (Phi) is 6.65. The summed E-state index contributed by atoms with van der Waals surface area (Å²) in [5.41, 5.74) is 0.708. The molecule has 1 aromatic carbocycles. The van der Waals surface area contributed by atoms with Crippen molar-refractivity contribution in [2.75, 3.05) is 28.4 Å². The van der Waals surface area contributed by atoms with Crippen molar-refractivity contribution in [2.45, 2.75) is 18.9 Å². The lowest BCUT2D eigenvalue weighted by atomic mass is 10.1. The highest BCUT2D eigenvalue weighted by molar-refractivity contribution is 6.62. The maximum Gasteiger partial charge on any atom is 0.508 e. The predicted octanol–water partition coefficient (Wildman–Crippen LogP) is 2.47. The standard InChI is InChI=1S/C14H21NO5Si/c1-6-13(21(17-3,18-4)19-5)11-8-7-9-12(20-10-15)14(11)16-2/h7-9,13H,6H2,1-5H3. The molecule has 0 bridgehead atoms. The van der Waals surface area contributed by atoms with E-state index in [-0.39, 0.29) is 5.54 Å². The fraction of sp³-hybridized carbons (Fsp3) is 0.500. The average Bonchev–Trinajstić information content (AvgIpc) is 2.53. The Balaban J connectivity index is 3.41. The number of rotatable bonds is 8. The van der Waals surface area contributed by atoms with Gasteiger partial charge in [-0.2, -0.15) is 0 Å². The molecule has 0 saturated heterocycles. The van der Waals surface area contributed by atoms with E-state index in [1.54, 1.807) is 39.7 Å². The van der Waals surface area contributed by atoms with Crippen molar-refractivity contribution in [2.24, 2.45) is 0 Å². The minimum absolute atomic E-state index is 0.130. The summed E-state index contributed by atoms with van der Waals surface area (Å²) in [4.78, 5) is 0. The number of hydrogen-bond acceptors (Lipinski definition) is 6. The predicted molar refractivity (Wildman–Crippen MR) is 79.0 cm³/mol. The van der Waals surface area contributed by atoms with Crippen LogP contribution in [0.5, 0.6) is 11.5 Å². The summed E-state index contributed by atoms with van der Waals surface area (Å²) < 4.78 is 27.1. The van der Waals surface area contributed by atoms with Gasteiger partial charge in [0, 0.05) is 26.9 Å². The zero-order valence-electron chi connectivity index (χ0n) is 13.0. The van der Waals surface area contributed by atoms with Crippen molar-refractivity contribution >= 4 is 8.80 Å². The summed E-state index contributed by atoms with van der Waals surface area (Å²) in [5.74, 6) is 0.857. The summed E-state index contributed by atoms with van der Waals surface area (Å²) >= 11 is 0. The highest BCUT2D eigenvalue weighted by atomic mass is 28.4. The topological polar surface area (TPSA) is 69.9 Å². The van der Waals surface area contributed by atoms with E-state index < -0.39 is 8.80 Å². The molecule has 1 unspecified atom stereocenters. The van der Waals surface area contributed by atoms with Gasteiger partial charge in [-0.1, -0.05) is 19.1 Å². The molecule has 1 aromatic rings. The van der Waals surface area contributed by atoms with Crippen LogP contribution in [0.4, 0.5) is 0 Å². The SMILES string of the molecule is CCC(c1cccc(OC#N)c1OC)[Si](OC)(OC)OC. The molecule has 1 atom stereocenters. The largest absolute Gasteiger partial charge is 0.508 e. The first-order chi connectivity index (χ1) is 10.1. The Morgan fingerprint density at radius 1 is 1.14 bits per heavy atom. The van der Waals surface area contributed by atoms with E-state index in [1.165, 1.54) is 7.11 Å². The van der Waals surface area contributed by atoms with Crippen LogP contribution in [0.3, 0.4) is 0 Å². The second-order valence-electron chi connectivity index (χ2n) is 4.25. The van der Waals surface area contributed by atoms with E-state index in [2.05, 4.69) is 0 Å². The van der Waals surface area contributed by atoms with Crippen LogP contribution in [0.1, 0.15) is 24.4 Å². The second kappa shape index (κ2) is 8.00. The minimum Gasteiger partial charge on any atom is -0.493 e. The van der Waals surface area contributed by atoms with E-state index >= 15 is 0 Å². The number of methoxy groups -OCH3 is 1. The van der Waals surface area contributed by atoms with Crippen LogP contribution in [0.2, 0.25) is 0 Å². The number of benzene rings is 1. The third kappa shape index (κ3) is 3.36. The number of hydrogen-bond donors (Lipinski definition) is 0. The van der Waals surface area contributed by atoms with E-state index in [1.807, 2.05) is 13.0 Å². The van der Waals surface area contributed by atoms with Crippen molar-refractivity contribution in [1.29, 1.82) is 5.26 Å². The Bertz CT molecular complexity index is 490. The smallest absolute Gasteiger partial charge is 0.493 e. The molecule has 21 heavy (non-hydrogen) atoms. The molecule has 0 saturated carbocycles. The first-order valence-corrected chi connectivity index (χ1v) is 8.32. The van der Waals surface area contributed by atoms with Crippen molar-refractivity contribution in [3.05, 3.63) is 23.8 Å². The number of nitriles is 1. The normalized spacial score (nSPS) is 12.6. The lowest BCUT2D eigenvalue weighted by Crippen LogP contribution is -2.49. The fourth-order valence-corrected chi connectivity index (χ4v) is 4.95. The van der Waals surface area contributed by atoms with Crippen molar-refractivity contribution in [3.8, 4) is 17.8 Å². The second-order valence-corrected chi connectivity index (χ2v) is 7.38. The van der Waals surface area contributed by atoms with Gasteiger partial charge in [0.15, 0.2) is 11.5 Å². The lowest BCUT2D eigenvalue weighted by Gasteiger charge is -2.32. The van der Waals surface area contributed by atoms with Crippen molar-refractivity contribution in [3.63, 3.8) is 0 Å². The molecule has 0 fully saturated rings. The van der Waals surface area contributed by atoms with Crippen LogP contribution in [0.15, 0.2) is 18.2 Å². The van der Waals surface area contributed by atoms with E-state index in [9.17, 15) is 0 Å². The average molecular weight is 311 g/mol. The zero-order chi connectivity index (χ0) is 15.9. The molecule has 0 amide bonds. The molecule has 1 rings (SSSR count). The number of para-hydroxylation sites is 1. The van der Waals surface area contributed by atoms with Gasteiger partial charge in [-0.05, 0) is 12.5 Å². The molecule has 0 aromatic heterocycles. The molecule has 6 nitrogen and oxygen atoms in total. The summed E-state index contributed by atoms with van der Waals surface area (Å²) in [6.45, 7) is 2.01.